The van der Waals surface area contributed by atoms with Gasteiger partial charge in [0.05, 0.1) is 13.0 Å². The first-order valence-electron chi connectivity index (χ1n) is 10.9. The minimum absolute atomic E-state index is 0.100. The molecular weight excluding hydrogens is 376 g/mol. The summed E-state index contributed by atoms with van der Waals surface area (Å²) in [6.07, 6.45) is 2.56. The second-order valence-corrected chi connectivity index (χ2v) is 9.45. The van der Waals surface area contributed by atoms with Crippen LogP contribution in [0.25, 0.3) is 0 Å². The highest BCUT2D eigenvalue weighted by molar-refractivity contribution is 5.70. The Kier molecular flexibility index (Phi) is 5.74. The molecule has 0 amide bonds. The quantitative estimate of drug-likeness (QED) is 0.714. The molecule has 1 fully saturated rings. The van der Waals surface area contributed by atoms with Crippen LogP contribution in [0.2, 0.25) is 0 Å². The minimum atomic E-state index is -0.415. The Morgan fingerprint density at radius 2 is 1.83 bits per heavy atom. The molecule has 1 saturated heterocycles. The van der Waals surface area contributed by atoms with Gasteiger partial charge < -0.3 is 19.7 Å². The number of piperidine rings is 1. The molecule has 1 N–H and O–H groups in total. The maximum Gasteiger partial charge on any atom is 0.307 e. The summed E-state index contributed by atoms with van der Waals surface area (Å²) in [6, 6.07) is 16.7. The van der Waals surface area contributed by atoms with Gasteiger partial charge in [-0.15, -0.1) is 0 Å². The predicted molar refractivity (Wildman–Crippen MR) is 119 cm³/mol. The summed E-state index contributed by atoms with van der Waals surface area (Å²) in [5, 5.41) is 3.44. The molecule has 0 radical (unpaired) electrons. The van der Waals surface area contributed by atoms with E-state index in [1.807, 2.05) is 39.0 Å². The monoisotopic (exact) mass is 408 g/mol. The molecule has 30 heavy (non-hydrogen) atoms. The molecule has 2 aliphatic rings. The summed E-state index contributed by atoms with van der Waals surface area (Å²) < 4.78 is 11.6. The smallest absolute Gasteiger partial charge is 0.307 e. The minimum Gasteiger partial charge on any atom is -0.492 e. The molecule has 0 atom stereocenters. The summed E-state index contributed by atoms with van der Waals surface area (Å²) in [5.41, 5.74) is 3.13. The van der Waals surface area contributed by atoms with E-state index in [0.29, 0.717) is 6.42 Å². The average molecular weight is 409 g/mol. The Balaban J connectivity index is 1.34. The van der Waals surface area contributed by atoms with E-state index in [1.165, 1.54) is 5.56 Å². The lowest BCUT2D eigenvalue weighted by molar-refractivity contribution is -0.155. The molecule has 5 nitrogen and oxygen atoms in total. The first kappa shape index (κ1) is 20.7. The van der Waals surface area contributed by atoms with Crippen molar-refractivity contribution in [1.29, 1.82) is 0 Å². The van der Waals surface area contributed by atoms with Gasteiger partial charge >= 0.3 is 5.97 Å². The predicted octanol–water partition coefficient (Wildman–Crippen LogP) is 4.89. The number of fused-ring (bicyclic) bond motifs is 2. The van der Waals surface area contributed by atoms with E-state index < -0.39 is 5.60 Å². The topological polar surface area (TPSA) is 50.8 Å². The van der Waals surface area contributed by atoms with Gasteiger partial charge in [0, 0.05) is 35.0 Å². The molecule has 0 saturated carbocycles. The number of hydrogen-bond acceptors (Lipinski definition) is 5. The van der Waals surface area contributed by atoms with Crippen molar-refractivity contribution in [2.45, 2.75) is 51.0 Å². The number of nitrogens with zero attached hydrogens (tertiary/aromatic N) is 1. The van der Waals surface area contributed by atoms with E-state index in [2.05, 4.69) is 40.5 Å². The van der Waals surface area contributed by atoms with Crippen LogP contribution in [0.15, 0.2) is 48.5 Å². The summed E-state index contributed by atoms with van der Waals surface area (Å²) in [6.45, 7) is 9.20. The van der Waals surface area contributed by atoms with Crippen LogP contribution in [0.1, 0.15) is 45.6 Å². The van der Waals surface area contributed by atoms with Crippen LogP contribution in [0, 0.1) is 0 Å². The lowest BCUT2D eigenvalue weighted by Gasteiger charge is -2.38. The summed E-state index contributed by atoms with van der Waals surface area (Å²) >= 11 is 0. The van der Waals surface area contributed by atoms with Gasteiger partial charge in [0.15, 0.2) is 0 Å². The van der Waals surface area contributed by atoms with E-state index in [0.717, 1.165) is 56.2 Å². The van der Waals surface area contributed by atoms with Crippen LogP contribution in [0.4, 0.5) is 11.4 Å². The molecule has 0 aromatic heterocycles. The number of nitrogens with one attached hydrogen (secondary N) is 1. The van der Waals surface area contributed by atoms with Gasteiger partial charge in [0.25, 0.3) is 0 Å². The zero-order chi connectivity index (χ0) is 21.2. The number of anilines is 2. The van der Waals surface area contributed by atoms with E-state index in [9.17, 15) is 4.79 Å². The molecule has 0 aliphatic carbocycles. The van der Waals surface area contributed by atoms with Gasteiger partial charge in [0.1, 0.15) is 11.4 Å². The second-order valence-electron chi connectivity index (χ2n) is 9.45. The summed E-state index contributed by atoms with van der Waals surface area (Å²) in [4.78, 5) is 14.4. The number of carbonyl (C=O) groups is 1. The van der Waals surface area contributed by atoms with Gasteiger partial charge in [-0.2, -0.15) is 0 Å². The zero-order valence-corrected chi connectivity index (χ0v) is 18.2. The van der Waals surface area contributed by atoms with E-state index in [1.54, 1.807) is 0 Å². The van der Waals surface area contributed by atoms with Crippen molar-refractivity contribution in [2.75, 3.05) is 31.6 Å². The second kappa shape index (κ2) is 8.31. The molecule has 160 valence electrons. The van der Waals surface area contributed by atoms with Crippen LogP contribution in [0.3, 0.4) is 0 Å². The zero-order valence-electron chi connectivity index (χ0n) is 18.2. The standard InChI is InChI=1S/C25H32N2O3/c1-24(2,3)30-23(28)11-14-27-15-12-25(13-16-27)18-29-22-17-20(9-10-21(22)25)26-19-7-5-4-6-8-19/h4-10,17,26H,11-16,18H2,1-3H3. The number of esters is 1. The van der Waals surface area contributed by atoms with E-state index in [-0.39, 0.29) is 11.4 Å². The fourth-order valence-electron chi connectivity index (χ4n) is 4.40. The highest BCUT2D eigenvalue weighted by Crippen LogP contribution is 2.46. The number of rotatable bonds is 5. The Hall–Kier alpha value is -2.53. The third-order valence-corrected chi connectivity index (χ3v) is 5.98. The van der Waals surface area contributed by atoms with Crippen molar-refractivity contribution in [3.63, 3.8) is 0 Å². The largest absolute Gasteiger partial charge is 0.492 e. The van der Waals surface area contributed by atoms with Crippen molar-refractivity contribution >= 4 is 17.3 Å². The van der Waals surface area contributed by atoms with Crippen molar-refractivity contribution in [3.05, 3.63) is 54.1 Å². The summed E-state index contributed by atoms with van der Waals surface area (Å²) in [7, 11) is 0. The highest BCUT2D eigenvalue weighted by Gasteiger charge is 2.43. The lowest BCUT2D eigenvalue weighted by atomic mass is 9.74. The SMILES string of the molecule is CC(C)(C)OC(=O)CCN1CCC2(CC1)COc1cc(Nc3ccccc3)ccc12. The number of para-hydroxylation sites is 1. The average Bonchev–Trinajstić information content (AvgIpc) is 3.05. The van der Waals surface area contributed by atoms with Crippen molar-refractivity contribution in [3.8, 4) is 5.75 Å². The Labute approximate surface area is 179 Å². The molecule has 2 aromatic rings. The number of likely N-dealkylation sites (tertiary alicyclic amines) is 1. The number of hydrogen-bond donors (Lipinski definition) is 1. The molecule has 0 unspecified atom stereocenters. The normalized spacial score (nSPS) is 18.0. The van der Waals surface area contributed by atoms with Gasteiger partial charge in [-0.25, -0.2) is 0 Å². The summed E-state index contributed by atoms with van der Waals surface area (Å²) in [5.74, 6) is 0.883. The van der Waals surface area contributed by atoms with Crippen LogP contribution in [0.5, 0.6) is 5.75 Å². The van der Waals surface area contributed by atoms with E-state index in [4.69, 9.17) is 9.47 Å². The van der Waals surface area contributed by atoms with Crippen LogP contribution in [-0.2, 0) is 14.9 Å². The number of benzene rings is 2. The maximum atomic E-state index is 12.0. The van der Waals surface area contributed by atoms with Gasteiger partial charge in [-0.3, -0.25) is 4.79 Å². The van der Waals surface area contributed by atoms with Gasteiger partial charge in [-0.1, -0.05) is 24.3 Å². The van der Waals surface area contributed by atoms with Gasteiger partial charge in [-0.05, 0) is 64.9 Å². The highest BCUT2D eigenvalue weighted by atomic mass is 16.6. The van der Waals surface area contributed by atoms with E-state index >= 15 is 0 Å². The Bertz CT molecular complexity index is 881. The third kappa shape index (κ3) is 4.78. The molecule has 0 bridgehead atoms. The lowest BCUT2D eigenvalue weighted by Crippen LogP contribution is -2.44. The van der Waals surface area contributed by atoms with Crippen molar-refractivity contribution in [2.24, 2.45) is 0 Å². The molecule has 2 aromatic carbocycles. The fraction of sp³-hybridized carbons (Fsp3) is 0.480. The van der Waals surface area contributed by atoms with Crippen LogP contribution in [-0.4, -0.2) is 42.7 Å². The third-order valence-electron chi connectivity index (χ3n) is 5.98. The van der Waals surface area contributed by atoms with Crippen molar-refractivity contribution in [1.82, 2.24) is 4.90 Å². The molecular formula is C25H32N2O3. The molecule has 2 aliphatic heterocycles. The Morgan fingerprint density at radius 3 is 2.53 bits per heavy atom. The molecule has 5 heteroatoms. The number of ether oxygens (including phenoxy) is 2. The molecule has 2 heterocycles. The van der Waals surface area contributed by atoms with Gasteiger partial charge in [0.2, 0.25) is 0 Å². The number of carbonyl (C=O) groups excluding carboxylic acids is 1. The Morgan fingerprint density at radius 1 is 1.10 bits per heavy atom. The van der Waals surface area contributed by atoms with Crippen molar-refractivity contribution < 1.29 is 14.3 Å². The van der Waals surface area contributed by atoms with Crippen LogP contribution >= 0.6 is 0 Å². The molecule has 4 rings (SSSR count). The maximum absolute atomic E-state index is 12.0. The fourth-order valence-corrected chi connectivity index (χ4v) is 4.40. The first-order chi connectivity index (χ1) is 14.3. The van der Waals surface area contributed by atoms with Crippen LogP contribution < -0.4 is 10.1 Å². The molecule has 1 spiro atoms. The first-order valence-corrected chi connectivity index (χ1v) is 10.9.